The molecule has 26 heavy (non-hydrogen) atoms. The Bertz CT molecular complexity index is 758. The predicted octanol–water partition coefficient (Wildman–Crippen LogP) is 3.00. The van der Waals surface area contributed by atoms with Crippen LogP contribution in [0.1, 0.15) is 38.7 Å². The fourth-order valence-electron chi connectivity index (χ4n) is 3.44. The van der Waals surface area contributed by atoms with Crippen LogP contribution in [0, 0.1) is 18.8 Å². The van der Waals surface area contributed by atoms with Gasteiger partial charge in [-0.2, -0.15) is 0 Å². The lowest BCUT2D eigenvalue weighted by Crippen LogP contribution is -2.44. The Morgan fingerprint density at radius 3 is 2.73 bits per heavy atom. The third-order valence-electron chi connectivity index (χ3n) is 5.36. The van der Waals surface area contributed by atoms with E-state index in [0.717, 1.165) is 12.0 Å². The van der Waals surface area contributed by atoms with Crippen LogP contribution in [0.2, 0.25) is 0 Å². The lowest BCUT2D eigenvalue weighted by Gasteiger charge is -2.34. The number of benzene rings is 1. The van der Waals surface area contributed by atoms with E-state index in [1.54, 1.807) is 0 Å². The van der Waals surface area contributed by atoms with E-state index in [4.69, 9.17) is 5.84 Å². The van der Waals surface area contributed by atoms with Crippen molar-refractivity contribution in [2.45, 2.75) is 51.2 Å². The summed E-state index contributed by atoms with van der Waals surface area (Å²) in [5, 5.41) is 12.0. The zero-order valence-corrected chi connectivity index (χ0v) is 16.4. The second kappa shape index (κ2) is 8.12. The van der Waals surface area contributed by atoms with Crippen LogP contribution in [0.4, 0.5) is 0 Å². The molecular formula is C19H27N5OS. The number of carbonyl (C=O) groups is 1. The minimum atomic E-state index is 0.0286. The summed E-state index contributed by atoms with van der Waals surface area (Å²) >= 11 is 1.32. The van der Waals surface area contributed by atoms with Crippen LogP contribution in [-0.4, -0.2) is 32.6 Å². The van der Waals surface area contributed by atoms with Crippen molar-refractivity contribution in [1.29, 1.82) is 0 Å². The SMILES string of the molecule is Cc1ccc(-c2nnc(SCC(=O)N[C@H]3CCC[C@H](C)[C@H]3C)n2N)cc1. The summed E-state index contributed by atoms with van der Waals surface area (Å²) in [6.07, 6.45) is 3.49. The molecule has 1 aliphatic carbocycles. The van der Waals surface area contributed by atoms with E-state index in [9.17, 15) is 4.79 Å². The summed E-state index contributed by atoms with van der Waals surface area (Å²) in [5.74, 6) is 8.22. The van der Waals surface area contributed by atoms with Gasteiger partial charge >= 0.3 is 0 Å². The van der Waals surface area contributed by atoms with Crippen molar-refractivity contribution in [1.82, 2.24) is 20.2 Å². The number of rotatable bonds is 5. The molecule has 2 aromatic rings. The Balaban J connectivity index is 1.58. The van der Waals surface area contributed by atoms with Gasteiger partial charge in [-0.15, -0.1) is 10.2 Å². The van der Waals surface area contributed by atoms with E-state index in [1.165, 1.54) is 34.8 Å². The number of thioether (sulfide) groups is 1. The maximum Gasteiger partial charge on any atom is 0.230 e. The Hall–Kier alpha value is -2.02. The molecular weight excluding hydrogens is 346 g/mol. The Kier molecular flexibility index (Phi) is 5.86. The maximum atomic E-state index is 12.3. The summed E-state index contributed by atoms with van der Waals surface area (Å²) in [4.78, 5) is 12.3. The molecule has 7 heteroatoms. The number of hydrogen-bond acceptors (Lipinski definition) is 5. The molecule has 140 valence electrons. The molecule has 3 N–H and O–H groups in total. The average Bonchev–Trinajstić information content (AvgIpc) is 2.99. The van der Waals surface area contributed by atoms with Crippen LogP contribution in [0.5, 0.6) is 0 Å². The van der Waals surface area contributed by atoms with Gasteiger partial charge in [0.15, 0.2) is 5.82 Å². The molecule has 1 amide bonds. The fraction of sp³-hybridized carbons (Fsp3) is 0.526. The van der Waals surface area contributed by atoms with Crippen molar-refractivity contribution in [3.63, 3.8) is 0 Å². The van der Waals surface area contributed by atoms with E-state index in [2.05, 4.69) is 29.4 Å². The van der Waals surface area contributed by atoms with Crippen LogP contribution in [0.25, 0.3) is 11.4 Å². The number of aryl methyl sites for hydroxylation is 1. The van der Waals surface area contributed by atoms with E-state index in [0.29, 0.717) is 28.6 Å². The highest BCUT2D eigenvalue weighted by Crippen LogP contribution is 2.29. The molecule has 1 fully saturated rings. The molecule has 1 aliphatic rings. The Morgan fingerprint density at radius 1 is 1.27 bits per heavy atom. The number of aromatic nitrogens is 3. The van der Waals surface area contributed by atoms with Gasteiger partial charge in [0, 0.05) is 11.6 Å². The Morgan fingerprint density at radius 2 is 2.00 bits per heavy atom. The highest BCUT2D eigenvalue weighted by molar-refractivity contribution is 7.99. The van der Waals surface area contributed by atoms with Gasteiger partial charge in [-0.05, 0) is 25.2 Å². The fourth-order valence-corrected chi connectivity index (χ4v) is 4.11. The molecule has 0 saturated heterocycles. The number of nitrogens with zero attached hydrogens (tertiary/aromatic N) is 3. The number of carbonyl (C=O) groups excluding carboxylic acids is 1. The highest BCUT2D eigenvalue weighted by Gasteiger charge is 2.28. The van der Waals surface area contributed by atoms with Gasteiger partial charge in [0.1, 0.15) is 0 Å². The summed E-state index contributed by atoms with van der Waals surface area (Å²) < 4.78 is 1.45. The first kappa shape index (κ1) is 18.8. The summed E-state index contributed by atoms with van der Waals surface area (Å²) in [6.45, 7) is 6.53. The van der Waals surface area contributed by atoms with Gasteiger partial charge in [0.2, 0.25) is 11.1 Å². The molecule has 3 atom stereocenters. The summed E-state index contributed by atoms with van der Waals surface area (Å²) in [7, 11) is 0. The largest absolute Gasteiger partial charge is 0.352 e. The quantitative estimate of drug-likeness (QED) is 0.621. The first-order valence-corrected chi connectivity index (χ1v) is 10.1. The number of amides is 1. The molecule has 0 aliphatic heterocycles. The van der Waals surface area contributed by atoms with Gasteiger partial charge in [0.05, 0.1) is 5.75 Å². The number of nitrogens with one attached hydrogen (secondary N) is 1. The third-order valence-corrected chi connectivity index (χ3v) is 6.30. The molecule has 1 aromatic carbocycles. The lowest BCUT2D eigenvalue weighted by molar-refractivity contribution is -0.120. The number of nitrogens with two attached hydrogens (primary N) is 1. The Labute approximate surface area is 158 Å². The van der Waals surface area contributed by atoms with E-state index in [1.807, 2.05) is 31.2 Å². The van der Waals surface area contributed by atoms with Gasteiger partial charge in [-0.1, -0.05) is 68.3 Å². The van der Waals surface area contributed by atoms with E-state index >= 15 is 0 Å². The normalized spacial score (nSPS) is 23.0. The van der Waals surface area contributed by atoms with Crippen molar-refractivity contribution in [2.75, 3.05) is 11.6 Å². The standard InChI is InChI=1S/C19H27N5OS/c1-12-7-9-15(10-8-12)18-22-23-19(24(18)20)26-11-17(25)21-16-6-4-5-13(2)14(16)3/h7-10,13-14,16H,4-6,11,20H2,1-3H3,(H,21,25)/t13-,14+,16-/m0/s1. The van der Waals surface area contributed by atoms with Crippen LogP contribution >= 0.6 is 11.8 Å². The molecule has 0 bridgehead atoms. The molecule has 1 aromatic heterocycles. The number of nitrogen functional groups attached to an aromatic ring is 1. The minimum absolute atomic E-state index is 0.0286. The van der Waals surface area contributed by atoms with Crippen molar-refractivity contribution in [3.05, 3.63) is 29.8 Å². The smallest absolute Gasteiger partial charge is 0.230 e. The van der Waals surface area contributed by atoms with Crippen molar-refractivity contribution >= 4 is 17.7 Å². The molecule has 1 heterocycles. The second-order valence-electron chi connectivity index (χ2n) is 7.27. The van der Waals surface area contributed by atoms with Gasteiger partial charge in [-0.25, -0.2) is 4.68 Å². The van der Waals surface area contributed by atoms with E-state index < -0.39 is 0 Å². The van der Waals surface area contributed by atoms with Crippen LogP contribution in [0.15, 0.2) is 29.4 Å². The minimum Gasteiger partial charge on any atom is -0.352 e. The van der Waals surface area contributed by atoms with Crippen LogP contribution in [0.3, 0.4) is 0 Å². The molecule has 6 nitrogen and oxygen atoms in total. The lowest BCUT2D eigenvalue weighted by atomic mass is 9.78. The molecule has 0 unspecified atom stereocenters. The molecule has 1 saturated carbocycles. The second-order valence-corrected chi connectivity index (χ2v) is 8.21. The van der Waals surface area contributed by atoms with Crippen molar-refractivity contribution in [3.8, 4) is 11.4 Å². The average molecular weight is 374 g/mol. The molecule has 0 spiro atoms. The maximum absolute atomic E-state index is 12.3. The first-order chi connectivity index (χ1) is 12.5. The monoisotopic (exact) mass is 373 g/mol. The first-order valence-electron chi connectivity index (χ1n) is 9.15. The highest BCUT2D eigenvalue weighted by atomic mass is 32.2. The van der Waals surface area contributed by atoms with Crippen LogP contribution < -0.4 is 11.2 Å². The molecule has 3 rings (SSSR count). The zero-order chi connectivity index (χ0) is 18.7. The zero-order valence-electron chi connectivity index (χ0n) is 15.6. The van der Waals surface area contributed by atoms with Gasteiger partial charge in [-0.3, -0.25) is 4.79 Å². The summed E-state index contributed by atoms with van der Waals surface area (Å²) in [6, 6.07) is 8.23. The van der Waals surface area contributed by atoms with Crippen molar-refractivity contribution in [2.24, 2.45) is 11.8 Å². The third kappa shape index (κ3) is 4.20. The molecule has 0 radical (unpaired) electrons. The van der Waals surface area contributed by atoms with E-state index in [-0.39, 0.29) is 11.9 Å². The topological polar surface area (TPSA) is 85.8 Å². The summed E-state index contributed by atoms with van der Waals surface area (Å²) in [5.41, 5.74) is 2.08. The van der Waals surface area contributed by atoms with Crippen molar-refractivity contribution < 1.29 is 4.79 Å². The van der Waals surface area contributed by atoms with Gasteiger partial charge < -0.3 is 11.2 Å². The van der Waals surface area contributed by atoms with Crippen LogP contribution in [-0.2, 0) is 4.79 Å². The number of hydrogen-bond donors (Lipinski definition) is 2. The predicted molar refractivity (Wildman–Crippen MR) is 105 cm³/mol. The van der Waals surface area contributed by atoms with Gasteiger partial charge in [0.25, 0.3) is 0 Å².